The molecule has 6 rings (SSSR count). The number of rotatable bonds is 8. The first kappa shape index (κ1) is 28.2. The van der Waals surface area contributed by atoms with E-state index in [0.717, 1.165) is 25.9 Å². The van der Waals surface area contributed by atoms with Gasteiger partial charge in [-0.15, -0.1) is 0 Å². The Bertz CT molecular complexity index is 1780. The lowest BCUT2D eigenvalue weighted by Gasteiger charge is -2.27. The van der Waals surface area contributed by atoms with Gasteiger partial charge in [0.15, 0.2) is 5.71 Å². The van der Waals surface area contributed by atoms with Gasteiger partial charge in [0, 0.05) is 54.1 Å². The molecule has 2 aliphatic rings. The van der Waals surface area contributed by atoms with E-state index < -0.39 is 0 Å². The Kier molecular flexibility index (Phi) is 7.41. The lowest BCUT2D eigenvalue weighted by atomic mass is 9.79. The van der Waals surface area contributed by atoms with Crippen LogP contribution in [0.3, 0.4) is 0 Å². The number of fused-ring (bicyclic) bond motifs is 6. The van der Waals surface area contributed by atoms with Crippen molar-refractivity contribution in [3.63, 3.8) is 0 Å². The third-order valence-electron chi connectivity index (χ3n) is 9.23. The monoisotopic (exact) mass is 555 g/mol. The van der Waals surface area contributed by atoms with Gasteiger partial charge in [0.2, 0.25) is 5.69 Å². The van der Waals surface area contributed by atoms with Crippen molar-refractivity contribution < 1.29 is 9.68 Å². The zero-order valence-corrected chi connectivity index (χ0v) is 25.7. The average Bonchev–Trinajstić information content (AvgIpc) is 3.34. The average molecular weight is 556 g/mol. The van der Waals surface area contributed by atoms with Gasteiger partial charge in [-0.3, -0.25) is 0 Å². The third-order valence-corrected chi connectivity index (χ3v) is 9.23. The van der Waals surface area contributed by atoms with E-state index in [1.54, 1.807) is 0 Å². The predicted molar refractivity (Wildman–Crippen MR) is 179 cm³/mol. The topological polar surface area (TPSA) is 26.5 Å². The number of aliphatic hydroxyl groups excluding tert-OH is 1. The van der Waals surface area contributed by atoms with Gasteiger partial charge in [0.05, 0.1) is 5.41 Å². The van der Waals surface area contributed by atoms with Crippen LogP contribution in [0.5, 0.6) is 0 Å². The second-order valence-electron chi connectivity index (χ2n) is 12.7. The van der Waals surface area contributed by atoms with Gasteiger partial charge in [-0.2, -0.15) is 4.58 Å². The molecule has 0 unspecified atom stereocenters. The fourth-order valence-corrected chi connectivity index (χ4v) is 7.36. The number of hydrogen-bond donors (Lipinski definition) is 1. The van der Waals surface area contributed by atoms with Gasteiger partial charge in [-0.05, 0) is 65.6 Å². The van der Waals surface area contributed by atoms with Crippen LogP contribution in [0, 0.1) is 0 Å². The Morgan fingerprint density at radius 2 is 1.43 bits per heavy atom. The Morgan fingerprint density at radius 1 is 0.762 bits per heavy atom. The van der Waals surface area contributed by atoms with Crippen LogP contribution < -0.4 is 4.90 Å². The van der Waals surface area contributed by atoms with Crippen molar-refractivity contribution in [3.8, 4) is 0 Å². The molecule has 3 nitrogen and oxygen atoms in total. The van der Waals surface area contributed by atoms with Crippen molar-refractivity contribution in [3.05, 3.63) is 120 Å². The van der Waals surface area contributed by atoms with Crippen LogP contribution in [0.2, 0.25) is 0 Å². The van der Waals surface area contributed by atoms with E-state index in [1.807, 2.05) is 0 Å². The first-order chi connectivity index (χ1) is 20.3. The molecule has 214 valence electrons. The first-order valence-electron chi connectivity index (χ1n) is 15.4. The van der Waals surface area contributed by atoms with E-state index in [1.165, 1.54) is 55.5 Å². The smallest absolute Gasteiger partial charge is 0.210 e. The van der Waals surface area contributed by atoms with Gasteiger partial charge in [0.25, 0.3) is 0 Å². The quantitative estimate of drug-likeness (QED) is 0.173. The Hall–Kier alpha value is -3.95. The molecule has 0 spiro atoms. The van der Waals surface area contributed by atoms with Crippen LogP contribution >= 0.6 is 0 Å². The molecule has 4 aromatic carbocycles. The molecule has 0 saturated carbocycles. The molecule has 0 saturated heterocycles. The van der Waals surface area contributed by atoms with E-state index >= 15 is 0 Å². The fraction of sp³-hybridized carbons (Fsp3) is 0.308. The largest absolute Gasteiger partial charge is 0.396 e. The second kappa shape index (κ2) is 11.0. The molecule has 0 bridgehead atoms. The number of hydrogen-bond acceptors (Lipinski definition) is 2. The van der Waals surface area contributed by atoms with Crippen LogP contribution in [-0.4, -0.2) is 35.1 Å². The standard InChI is InChI=1S/C39H43N2O/c1-6-25-40-32-23-21-28-15-10-12-17-30(28)36(32)38(2,3)34(40)19-8-7-9-20-35-39(4,5)37-31-18-13-11-16-29(31)22-24-33(37)41(35)26-14-27-42/h7-13,15-24,42H,6,14,25-27H2,1-5H3/q+1. The SMILES string of the molecule is CCC[N+]1=C(/C=C/C=C/C=C2\N(CCCO)c3ccc4ccccc4c3C2(C)C)C(C)(C)c2c1ccc1ccccc21. The summed E-state index contributed by atoms with van der Waals surface area (Å²) in [5.74, 6) is 0. The molecule has 0 aliphatic carbocycles. The molecule has 4 aromatic rings. The van der Waals surface area contributed by atoms with Crippen molar-refractivity contribution in [2.45, 2.75) is 58.3 Å². The summed E-state index contributed by atoms with van der Waals surface area (Å²) >= 11 is 0. The molecule has 3 heteroatoms. The summed E-state index contributed by atoms with van der Waals surface area (Å²) in [6.45, 7) is 13.6. The van der Waals surface area contributed by atoms with Gasteiger partial charge in [-0.25, -0.2) is 0 Å². The highest BCUT2D eigenvalue weighted by Gasteiger charge is 2.45. The molecule has 0 radical (unpaired) electrons. The highest BCUT2D eigenvalue weighted by atomic mass is 16.3. The minimum Gasteiger partial charge on any atom is -0.396 e. The number of nitrogens with zero attached hydrogens (tertiary/aromatic N) is 2. The molecule has 0 atom stereocenters. The highest BCUT2D eigenvalue weighted by Crippen LogP contribution is 2.51. The summed E-state index contributed by atoms with van der Waals surface area (Å²) in [6.07, 6.45) is 13.0. The minimum absolute atomic E-state index is 0.0919. The van der Waals surface area contributed by atoms with Crippen molar-refractivity contribution in [2.75, 3.05) is 24.6 Å². The second-order valence-corrected chi connectivity index (χ2v) is 12.7. The maximum Gasteiger partial charge on any atom is 0.210 e. The lowest BCUT2D eigenvalue weighted by molar-refractivity contribution is -0.437. The first-order valence-corrected chi connectivity index (χ1v) is 15.4. The van der Waals surface area contributed by atoms with E-state index in [-0.39, 0.29) is 17.4 Å². The van der Waals surface area contributed by atoms with E-state index in [2.05, 4.69) is 147 Å². The lowest BCUT2D eigenvalue weighted by Crippen LogP contribution is -2.28. The Balaban J connectivity index is 1.35. The summed E-state index contributed by atoms with van der Waals surface area (Å²) in [7, 11) is 0. The van der Waals surface area contributed by atoms with Crippen LogP contribution in [0.4, 0.5) is 11.4 Å². The van der Waals surface area contributed by atoms with Crippen molar-refractivity contribution in [1.82, 2.24) is 0 Å². The molecule has 0 aromatic heterocycles. The van der Waals surface area contributed by atoms with Crippen LogP contribution in [-0.2, 0) is 10.8 Å². The highest BCUT2D eigenvalue weighted by molar-refractivity contribution is 6.07. The summed E-state index contributed by atoms with van der Waals surface area (Å²) < 4.78 is 2.52. The normalized spacial score (nSPS) is 18.3. The minimum atomic E-state index is -0.150. The van der Waals surface area contributed by atoms with Crippen LogP contribution in [0.15, 0.2) is 109 Å². The zero-order chi connectivity index (χ0) is 29.5. The zero-order valence-electron chi connectivity index (χ0n) is 25.7. The summed E-state index contributed by atoms with van der Waals surface area (Å²) in [6, 6.07) is 26.5. The number of allylic oxidation sites excluding steroid dienone is 6. The van der Waals surface area contributed by atoms with E-state index in [9.17, 15) is 5.11 Å². The fourth-order valence-electron chi connectivity index (χ4n) is 7.36. The Morgan fingerprint density at radius 3 is 2.12 bits per heavy atom. The van der Waals surface area contributed by atoms with E-state index in [4.69, 9.17) is 0 Å². The molecule has 2 heterocycles. The molecule has 1 N–H and O–H groups in total. The third kappa shape index (κ3) is 4.51. The van der Waals surface area contributed by atoms with Crippen molar-refractivity contribution in [2.24, 2.45) is 0 Å². The predicted octanol–water partition coefficient (Wildman–Crippen LogP) is 8.96. The van der Waals surface area contributed by atoms with Crippen LogP contribution in [0.1, 0.15) is 58.6 Å². The van der Waals surface area contributed by atoms with Gasteiger partial charge >= 0.3 is 0 Å². The Labute approximate surface area is 250 Å². The van der Waals surface area contributed by atoms with Gasteiger partial charge < -0.3 is 10.0 Å². The number of anilines is 1. The summed E-state index contributed by atoms with van der Waals surface area (Å²) in [5, 5.41) is 14.9. The number of aliphatic hydroxyl groups is 1. The van der Waals surface area contributed by atoms with Gasteiger partial charge in [0.1, 0.15) is 6.54 Å². The molecule has 0 fully saturated rings. The van der Waals surface area contributed by atoms with Crippen LogP contribution in [0.25, 0.3) is 21.5 Å². The van der Waals surface area contributed by atoms with Crippen molar-refractivity contribution >= 4 is 38.6 Å². The maximum absolute atomic E-state index is 9.66. The maximum atomic E-state index is 9.66. The van der Waals surface area contributed by atoms with E-state index in [0.29, 0.717) is 0 Å². The molecule has 0 amide bonds. The number of benzene rings is 4. The summed E-state index contributed by atoms with van der Waals surface area (Å²) in [5.41, 5.74) is 7.77. The van der Waals surface area contributed by atoms with Crippen molar-refractivity contribution in [1.29, 1.82) is 0 Å². The molecule has 42 heavy (non-hydrogen) atoms. The van der Waals surface area contributed by atoms with Gasteiger partial charge in [-0.1, -0.05) is 93.6 Å². The molecule has 2 aliphatic heterocycles. The summed E-state index contributed by atoms with van der Waals surface area (Å²) in [4.78, 5) is 2.41. The molecular formula is C39H43N2O+. The molecular weight excluding hydrogens is 512 g/mol.